The monoisotopic (exact) mass is 303 g/mol. The van der Waals surface area contributed by atoms with E-state index in [-0.39, 0.29) is 22.2 Å². The molecule has 1 saturated heterocycles. The Kier molecular flexibility index (Phi) is 2.98. The molecular weight excluding hydrogens is 295 g/mol. The van der Waals surface area contributed by atoms with Gasteiger partial charge in [-0.3, -0.25) is 9.36 Å². The van der Waals surface area contributed by atoms with Crippen molar-refractivity contribution in [1.82, 2.24) is 14.9 Å². The van der Waals surface area contributed by atoms with E-state index in [2.05, 4.69) is 10.3 Å². The van der Waals surface area contributed by atoms with Crippen LogP contribution >= 0.6 is 11.6 Å². The second-order valence-corrected chi connectivity index (χ2v) is 4.94. The van der Waals surface area contributed by atoms with Gasteiger partial charge in [0, 0.05) is 13.1 Å². The molecule has 1 aliphatic rings. The predicted octanol–water partition coefficient (Wildman–Crippen LogP) is 2.21. The molecule has 8 heteroatoms. The van der Waals surface area contributed by atoms with Crippen molar-refractivity contribution >= 4 is 22.5 Å². The number of hydrogen-bond donors (Lipinski definition) is 1. The minimum atomic E-state index is -4.48. The molecule has 1 aromatic carbocycles. The Hall–Kier alpha value is -1.60. The van der Waals surface area contributed by atoms with Gasteiger partial charge < -0.3 is 5.32 Å². The average Bonchev–Trinajstić information content (AvgIpc) is 2.30. The Morgan fingerprint density at radius 2 is 2.05 bits per heavy atom. The molecule has 1 N–H and O–H groups in total. The molecule has 2 aromatic rings. The molecule has 20 heavy (non-hydrogen) atoms. The molecule has 106 valence electrons. The summed E-state index contributed by atoms with van der Waals surface area (Å²) in [5.41, 5.74) is -1.31. The molecule has 1 fully saturated rings. The molecule has 1 aromatic heterocycles. The molecule has 0 unspecified atom stereocenters. The van der Waals surface area contributed by atoms with Crippen LogP contribution in [0, 0.1) is 0 Å². The number of fused-ring (bicyclic) bond motifs is 1. The lowest BCUT2D eigenvalue weighted by Gasteiger charge is -2.29. The fraction of sp³-hybridized carbons (Fsp3) is 0.333. The zero-order valence-electron chi connectivity index (χ0n) is 10.0. The Morgan fingerprint density at radius 1 is 1.35 bits per heavy atom. The second kappa shape index (κ2) is 4.46. The van der Waals surface area contributed by atoms with Gasteiger partial charge in [0.1, 0.15) is 0 Å². The van der Waals surface area contributed by atoms with Crippen molar-refractivity contribution < 1.29 is 13.2 Å². The third-order valence-electron chi connectivity index (χ3n) is 3.31. The largest absolute Gasteiger partial charge is 0.416 e. The van der Waals surface area contributed by atoms with Crippen molar-refractivity contribution in [3.63, 3.8) is 0 Å². The normalized spacial score (nSPS) is 16.4. The van der Waals surface area contributed by atoms with Crippen molar-refractivity contribution in [2.75, 3.05) is 13.1 Å². The lowest BCUT2D eigenvalue weighted by atomic mass is 10.1. The van der Waals surface area contributed by atoms with E-state index >= 15 is 0 Å². The second-order valence-electron chi connectivity index (χ2n) is 4.60. The maximum absolute atomic E-state index is 12.6. The van der Waals surface area contributed by atoms with Crippen LogP contribution in [-0.2, 0) is 6.18 Å². The summed E-state index contributed by atoms with van der Waals surface area (Å²) >= 11 is 5.93. The van der Waals surface area contributed by atoms with E-state index in [4.69, 9.17) is 11.6 Å². The number of halogens is 4. The molecule has 3 rings (SSSR count). The van der Waals surface area contributed by atoms with Crippen LogP contribution in [0.3, 0.4) is 0 Å². The lowest BCUT2D eigenvalue weighted by Crippen LogP contribution is -2.47. The molecule has 0 saturated carbocycles. The fourth-order valence-corrected chi connectivity index (χ4v) is 2.43. The number of nitrogens with one attached hydrogen (secondary N) is 1. The highest BCUT2D eigenvalue weighted by Gasteiger charge is 2.31. The molecule has 0 spiro atoms. The first kappa shape index (κ1) is 13.4. The summed E-state index contributed by atoms with van der Waals surface area (Å²) in [5, 5.41) is 3.04. The summed E-state index contributed by atoms with van der Waals surface area (Å²) in [4.78, 5) is 16.2. The topological polar surface area (TPSA) is 46.9 Å². The molecular formula is C12H9ClF3N3O. The van der Waals surface area contributed by atoms with Crippen LogP contribution in [0.25, 0.3) is 10.9 Å². The summed E-state index contributed by atoms with van der Waals surface area (Å²) in [7, 11) is 0. The van der Waals surface area contributed by atoms with Gasteiger partial charge in [-0.05, 0) is 29.8 Å². The van der Waals surface area contributed by atoms with Crippen molar-refractivity contribution in [2.24, 2.45) is 0 Å². The number of hydrogen-bond acceptors (Lipinski definition) is 3. The van der Waals surface area contributed by atoms with Crippen LogP contribution < -0.4 is 10.9 Å². The van der Waals surface area contributed by atoms with Crippen molar-refractivity contribution in [1.29, 1.82) is 0 Å². The average molecular weight is 304 g/mol. The smallest absolute Gasteiger partial charge is 0.313 e. The van der Waals surface area contributed by atoms with Crippen molar-refractivity contribution in [2.45, 2.75) is 12.2 Å². The van der Waals surface area contributed by atoms with Gasteiger partial charge in [-0.1, -0.05) is 0 Å². The van der Waals surface area contributed by atoms with Crippen LogP contribution in [0.4, 0.5) is 13.2 Å². The number of aromatic nitrogens is 2. The number of nitrogens with zero attached hydrogens (tertiary/aromatic N) is 2. The molecule has 0 atom stereocenters. The SMILES string of the molecule is O=c1c2ccc(C(F)(F)F)cc2nc(Cl)n1C1CNC1. The van der Waals surface area contributed by atoms with Gasteiger partial charge in [0.2, 0.25) is 5.28 Å². The Labute approximate surface area is 116 Å². The summed E-state index contributed by atoms with van der Waals surface area (Å²) in [5.74, 6) is 0. The highest BCUT2D eigenvalue weighted by atomic mass is 35.5. The van der Waals surface area contributed by atoms with Crippen molar-refractivity contribution in [3.8, 4) is 0 Å². The quantitative estimate of drug-likeness (QED) is 0.822. The van der Waals surface area contributed by atoms with E-state index in [1.165, 1.54) is 4.57 Å². The van der Waals surface area contributed by atoms with Crippen LogP contribution in [0.5, 0.6) is 0 Å². The van der Waals surface area contributed by atoms with Crippen LogP contribution in [0.15, 0.2) is 23.0 Å². The zero-order valence-corrected chi connectivity index (χ0v) is 10.8. The highest BCUT2D eigenvalue weighted by Crippen LogP contribution is 2.30. The van der Waals surface area contributed by atoms with Crippen LogP contribution in [-0.4, -0.2) is 22.6 Å². The molecule has 4 nitrogen and oxygen atoms in total. The number of rotatable bonds is 1. The molecule has 0 aliphatic carbocycles. The molecule has 0 amide bonds. The van der Waals surface area contributed by atoms with E-state index in [0.29, 0.717) is 13.1 Å². The third-order valence-corrected chi connectivity index (χ3v) is 3.58. The molecule has 0 radical (unpaired) electrons. The summed E-state index contributed by atoms with van der Waals surface area (Å²) < 4.78 is 39.2. The first-order valence-electron chi connectivity index (χ1n) is 5.87. The number of benzene rings is 1. The highest BCUT2D eigenvalue weighted by molar-refractivity contribution is 6.28. The Bertz CT molecular complexity index is 737. The van der Waals surface area contributed by atoms with Gasteiger partial charge in [-0.15, -0.1) is 0 Å². The van der Waals surface area contributed by atoms with Crippen molar-refractivity contribution in [3.05, 3.63) is 39.4 Å². The fourth-order valence-electron chi connectivity index (χ4n) is 2.12. The minimum Gasteiger partial charge on any atom is -0.313 e. The van der Waals surface area contributed by atoms with E-state index in [9.17, 15) is 18.0 Å². The number of alkyl halides is 3. The summed E-state index contributed by atoms with van der Waals surface area (Å²) in [6.45, 7) is 1.18. The van der Waals surface area contributed by atoms with Gasteiger partial charge >= 0.3 is 6.18 Å². The summed E-state index contributed by atoms with van der Waals surface area (Å²) in [6.07, 6.45) is -4.48. The van der Waals surface area contributed by atoms with Crippen LogP contribution in [0.2, 0.25) is 5.28 Å². The summed E-state index contributed by atoms with van der Waals surface area (Å²) in [6, 6.07) is 2.76. The van der Waals surface area contributed by atoms with Gasteiger partial charge in [-0.2, -0.15) is 13.2 Å². The molecule has 2 heterocycles. The zero-order chi connectivity index (χ0) is 14.5. The maximum atomic E-state index is 12.6. The Morgan fingerprint density at radius 3 is 2.60 bits per heavy atom. The van der Waals surface area contributed by atoms with E-state index < -0.39 is 17.3 Å². The van der Waals surface area contributed by atoms with Gasteiger partial charge in [0.15, 0.2) is 0 Å². The van der Waals surface area contributed by atoms with Gasteiger partial charge in [0.25, 0.3) is 5.56 Å². The third kappa shape index (κ3) is 2.06. The minimum absolute atomic E-state index is 0.0432. The first-order valence-corrected chi connectivity index (χ1v) is 6.25. The van der Waals surface area contributed by atoms with E-state index in [1.54, 1.807) is 0 Å². The van der Waals surface area contributed by atoms with E-state index in [0.717, 1.165) is 18.2 Å². The standard InChI is InChI=1S/C12H9ClF3N3O/c13-11-18-9-3-6(12(14,15)16)1-2-8(9)10(20)19(11)7-4-17-5-7/h1-3,7,17H,4-5H2. The van der Waals surface area contributed by atoms with Gasteiger partial charge in [-0.25, -0.2) is 4.98 Å². The predicted molar refractivity (Wildman–Crippen MR) is 67.9 cm³/mol. The Balaban J connectivity index is 2.22. The molecule has 0 bridgehead atoms. The lowest BCUT2D eigenvalue weighted by molar-refractivity contribution is -0.137. The molecule has 1 aliphatic heterocycles. The maximum Gasteiger partial charge on any atom is 0.416 e. The van der Waals surface area contributed by atoms with Crippen LogP contribution in [0.1, 0.15) is 11.6 Å². The van der Waals surface area contributed by atoms with Gasteiger partial charge in [0.05, 0.1) is 22.5 Å². The van der Waals surface area contributed by atoms with E-state index in [1.807, 2.05) is 0 Å². The first-order chi connectivity index (χ1) is 9.38.